The molecule has 0 fully saturated rings. The molecule has 2 N–H and O–H groups in total. The first kappa shape index (κ1) is 16.2. The lowest BCUT2D eigenvalue weighted by Crippen LogP contribution is -2.11. The molecular formula is C19H19N3OS. The van der Waals surface area contributed by atoms with Crippen LogP contribution in [0, 0.1) is 6.92 Å². The van der Waals surface area contributed by atoms with Crippen molar-refractivity contribution in [2.24, 2.45) is 0 Å². The van der Waals surface area contributed by atoms with Gasteiger partial charge in [-0.25, -0.2) is 4.98 Å². The van der Waals surface area contributed by atoms with Gasteiger partial charge >= 0.3 is 0 Å². The van der Waals surface area contributed by atoms with E-state index in [9.17, 15) is 4.79 Å². The van der Waals surface area contributed by atoms with E-state index in [0.29, 0.717) is 4.88 Å². The molecule has 0 saturated carbocycles. The number of anilines is 2. The number of aromatic nitrogens is 1. The second kappa shape index (κ2) is 7.27. The van der Waals surface area contributed by atoms with Crippen LogP contribution in [0.4, 0.5) is 10.8 Å². The highest BCUT2D eigenvalue weighted by Crippen LogP contribution is 2.27. The molecule has 2 aromatic carbocycles. The second-order valence-electron chi connectivity index (χ2n) is 5.53. The molecule has 0 aliphatic heterocycles. The topological polar surface area (TPSA) is 54.0 Å². The highest BCUT2D eigenvalue weighted by atomic mass is 32.1. The molecule has 0 spiro atoms. The Labute approximate surface area is 145 Å². The van der Waals surface area contributed by atoms with Gasteiger partial charge in [0, 0.05) is 5.69 Å². The summed E-state index contributed by atoms with van der Waals surface area (Å²) in [7, 11) is 0. The molecule has 24 heavy (non-hydrogen) atoms. The number of hydrogen-bond donors (Lipinski definition) is 2. The van der Waals surface area contributed by atoms with Crippen molar-refractivity contribution in [3.05, 3.63) is 76.8 Å². The fourth-order valence-electron chi connectivity index (χ4n) is 2.39. The van der Waals surface area contributed by atoms with Gasteiger partial charge in [-0.2, -0.15) is 0 Å². The summed E-state index contributed by atoms with van der Waals surface area (Å²) < 4.78 is 0. The van der Waals surface area contributed by atoms with Crippen molar-refractivity contribution in [2.75, 3.05) is 10.6 Å². The van der Waals surface area contributed by atoms with Crippen molar-refractivity contribution >= 4 is 28.1 Å². The third-order valence-corrected chi connectivity index (χ3v) is 4.76. The summed E-state index contributed by atoms with van der Waals surface area (Å²) in [5, 5.41) is 7.02. The number of benzene rings is 2. The molecule has 1 amide bonds. The Morgan fingerprint density at radius 1 is 1.04 bits per heavy atom. The molecule has 1 heterocycles. The van der Waals surface area contributed by atoms with Gasteiger partial charge in [0.05, 0.1) is 11.7 Å². The lowest BCUT2D eigenvalue weighted by atomic mass is 10.1. The third-order valence-electron chi connectivity index (χ3n) is 3.67. The van der Waals surface area contributed by atoms with Crippen LogP contribution in [0.5, 0.6) is 0 Å². The number of para-hydroxylation sites is 1. The standard InChI is InChI=1S/C19H19N3OS/c1-13(15-9-5-3-6-10-15)20-19-21-14(2)17(24-19)18(23)22-16-11-7-4-8-12-16/h3-13H,1-2H3,(H,20,21)(H,22,23)/t13-/m0/s1. The number of nitrogens with one attached hydrogen (secondary N) is 2. The van der Waals surface area contributed by atoms with Crippen LogP contribution < -0.4 is 10.6 Å². The number of hydrogen-bond acceptors (Lipinski definition) is 4. The SMILES string of the molecule is Cc1nc(N[C@@H](C)c2ccccc2)sc1C(=O)Nc1ccccc1. The number of carbonyl (C=O) groups is 1. The van der Waals surface area contributed by atoms with Crippen molar-refractivity contribution in [2.45, 2.75) is 19.9 Å². The minimum absolute atomic E-state index is 0.127. The maximum absolute atomic E-state index is 12.4. The molecule has 0 radical (unpaired) electrons. The van der Waals surface area contributed by atoms with Crippen LogP contribution in [-0.4, -0.2) is 10.9 Å². The number of aryl methyl sites for hydroxylation is 1. The molecule has 4 nitrogen and oxygen atoms in total. The van der Waals surface area contributed by atoms with E-state index in [1.54, 1.807) is 0 Å². The van der Waals surface area contributed by atoms with Gasteiger partial charge in [0.15, 0.2) is 5.13 Å². The smallest absolute Gasteiger partial charge is 0.267 e. The molecule has 3 rings (SSSR count). The first-order valence-electron chi connectivity index (χ1n) is 7.79. The van der Waals surface area contributed by atoms with Gasteiger partial charge in [-0.1, -0.05) is 59.9 Å². The van der Waals surface area contributed by atoms with Crippen molar-refractivity contribution in [3.63, 3.8) is 0 Å². The van der Waals surface area contributed by atoms with E-state index in [4.69, 9.17) is 0 Å². The number of nitrogens with zero attached hydrogens (tertiary/aromatic N) is 1. The number of thiazole rings is 1. The van der Waals surface area contributed by atoms with Crippen molar-refractivity contribution in [1.29, 1.82) is 0 Å². The monoisotopic (exact) mass is 337 g/mol. The van der Waals surface area contributed by atoms with E-state index >= 15 is 0 Å². The summed E-state index contributed by atoms with van der Waals surface area (Å²) in [6.45, 7) is 3.94. The molecule has 1 atom stereocenters. The Hall–Kier alpha value is -2.66. The van der Waals surface area contributed by atoms with E-state index in [-0.39, 0.29) is 11.9 Å². The van der Waals surface area contributed by atoms with Crippen molar-refractivity contribution in [3.8, 4) is 0 Å². The van der Waals surface area contributed by atoms with Crippen LogP contribution in [0.25, 0.3) is 0 Å². The lowest BCUT2D eigenvalue weighted by molar-refractivity contribution is 0.103. The molecule has 3 aromatic rings. The zero-order chi connectivity index (χ0) is 16.9. The third kappa shape index (κ3) is 3.81. The second-order valence-corrected chi connectivity index (χ2v) is 6.53. The van der Waals surface area contributed by atoms with E-state index in [0.717, 1.165) is 16.5 Å². The summed E-state index contributed by atoms with van der Waals surface area (Å²) in [6.07, 6.45) is 0. The summed E-state index contributed by atoms with van der Waals surface area (Å²) in [5.41, 5.74) is 2.69. The van der Waals surface area contributed by atoms with E-state index in [2.05, 4.69) is 34.7 Å². The maximum Gasteiger partial charge on any atom is 0.267 e. The van der Waals surface area contributed by atoms with Gasteiger partial charge in [0.25, 0.3) is 5.91 Å². The maximum atomic E-state index is 12.4. The average molecular weight is 337 g/mol. The lowest BCUT2D eigenvalue weighted by Gasteiger charge is -2.12. The predicted molar refractivity (Wildman–Crippen MR) is 99.7 cm³/mol. The Morgan fingerprint density at radius 3 is 2.33 bits per heavy atom. The molecular weight excluding hydrogens is 318 g/mol. The van der Waals surface area contributed by atoms with Crippen LogP contribution in [-0.2, 0) is 0 Å². The number of rotatable bonds is 5. The predicted octanol–water partition coefficient (Wildman–Crippen LogP) is 4.88. The Bertz CT molecular complexity index is 815. The molecule has 122 valence electrons. The zero-order valence-corrected chi connectivity index (χ0v) is 14.4. The summed E-state index contributed by atoms with van der Waals surface area (Å²) in [4.78, 5) is 17.5. The Morgan fingerprint density at radius 2 is 1.67 bits per heavy atom. The normalized spacial score (nSPS) is 11.8. The van der Waals surface area contributed by atoms with Crippen LogP contribution in [0.2, 0.25) is 0 Å². The molecule has 0 bridgehead atoms. The van der Waals surface area contributed by atoms with Gasteiger partial charge < -0.3 is 10.6 Å². The molecule has 1 aromatic heterocycles. The largest absolute Gasteiger partial charge is 0.355 e. The highest BCUT2D eigenvalue weighted by Gasteiger charge is 2.16. The van der Waals surface area contributed by atoms with E-state index in [1.807, 2.05) is 55.5 Å². The summed E-state index contributed by atoms with van der Waals surface area (Å²) >= 11 is 1.38. The van der Waals surface area contributed by atoms with Gasteiger partial charge in [0.2, 0.25) is 0 Å². The average Bonchev–Trinajstić information content (AvgIpc) is 2.97. The first-order chi connectivity index (χ1) is 11.6. The number of amides is 1. The van der Waals surface area contributed by atoms with Gasteiger partial charge in [-0.3, -0.25) is 4.79 Å². The van der Waals surface area contributed by atoms with Crippen LogP contribution in [0.1, 0.15) is 33.9 Å². The molecule has 0 aliphatic carbocycles. The Balaban J connectivity index is 1.72. The minimum atomic E-state index is -0.128. The van der Waals surface area contributed by atoms with E-state index < -0.39 is 0 Å². The quantitative estimate of drug-likeness (QED) is 0.698. The molecule has 5 heteroatoms. The molecule has 0 aliphatic rings. The van der Waals surface area contributed by atoms with Crippen molar-refractivity contribution in [1.82, 2.24) is 4.98 Å². The van der Waals surface area contributed by atoms with Crippen LogP contribution >= 0.6 is 11.3 Å². The first-order valence-corrected chi connectivity index (χ1v) is 8.60. The minimum Gasteiger partial charge on any atom is -0.355 e. The van der Waals surface area contributed by atoms with E-state index in [1.165, 1.54) is 16.9 Å². The Kier molecular flexibility index (Phi) is 4.91. The van der Waals surface area contributed by atoms with Gasteiger partial charge in [-0.15, -0.1) is 0 Å². The summed E-state index contributed by atoms with van der Waals surface area (Å²) in [5.74, 6) is -0.128. The fourth-order valence-corrected chi connectivity index (χ4v) is 3.34. The molecule has 0 saturated heterocycles. The zero-order valence-electron chi connectivity index (χ0n) is 13.6. The summed E-state index contributed by atoms with van der Waals surface area (Å²) in [6, 6.07) is 19.7. The van der Waals surface area contributed by atoms with Crippen LogP contribution in [0.15, 0.2) is 60.7 Å². The van der Waals surface area contributed by atoms with Gasteiger partial charge in [0.1, 0.15) is 4.88 Å². The van der Waals surface area contributed by atoms with Crippen molar-refractivity contribution < 1.29 is 4.79 Å². The highest BCUT2D eigenvalue weighted by molar-refractivity contribution is 7.17. The fraction of sp³-hybridized carbons (Fsp3) is 0.158. The van der Waals surface area contributed by atoms with Gasteiger partial charge in [-0.05, 0) is 31.5 Å². The van der Waals surface area contributed by atoms with Crippen LogP contribution in [0.3, 0.4) is 0 Å². The molecule has 0 unspecified atom stereocenters. The number of carbonyl (C=O) groups excluding carboxylic acids is 1.